The number of halogens is 2. The van der Waals surface area contributed by atoms with Crippen molar-refractivity contribution in [2.24, 2.45) is 11.8 Å². The number of carboxylic acids is 1. The fraction of sp³-hybridized carbons (Fsp3) is 0.360. The van der Waals surface area contributed by atoms with E-state index in [2.05, 4.69) is 5.32 Å². The van der Waals surface area contributed by atoms with E-state index in [4.69, 9.17) is 32.7 Å². The molecule has 2 fully saturated rings. The lowest BCUT2D eigenvalue weighted by Gasteiger charge is -2.28. The van der Waals surface area contributed by atoms with Crippen molar-refractivity contribution in [3.63, 3.8) is 0 Å². The molecule has 0 unspecified atom stereocenters. The van der Waals surface area contributed by atoms with E-state index in [1.165, 1.54) is 30.3 Å². The smallest absolute Gasteiger partial charge is 0.349 e. The maximum absolute atomic E-state index is 13.3. The molecular formula is C25H23Cl2NO7. The second-order valence-electron chi connectivity index (χ2n) is 8.74. The van der Waals surface area contributed by atoms with E-state index in [0.717, 1.165) is 25.7 Å². The van der Waals surface area contributed by atoms with E-state index in [-0.39, 0.29) is 33.1 Å². The van der Waals surface area contributed by atoms with Crippen LogP contribution in [0.5, 0.6) is 0 Å². The van der Waals surface area contributed by atoms with Crippen molar-refractivity contribution < 1.29 is 33.8 Å². The second-order valence-corrected chi connectivity index (χ2v) is 9.55. The fourth-order valence-electron chi connectivity index (χ4n) is 4.79. The van der Waals surface area contributed by atoms with Crippen LogP contribution in [0.25, 0.3) is 0 Å². The number of amides is 1. The van der Waals surface area contributed by atoms with Crippen LogP contribution in [-0.4, -0.2) is 47.2 Å². The molecule has 0 spiro atoms. The summed E-state index contributed by atoms with van der Waals surface area (Å²) in [6, 6.07) is 11.7. The minimum atomic E-state index is -2.12. The lowest BCUT2D eigenvalue weighted by atomic mass is 9.95. The van der Waals surface area contributed by atoms with Gasteiger partial charge in [-0.1, -0.05) is 53.9 Å². The third-order valence-corrected chi connectivity index (χ3v) is 7.16. The van der Waals surface area contributed by atoms with Gasteiger partial charge in [0, 0.05) is 6.04 Å². The summed E-state index contributed by atoms with van der Waals surface area (Å²) in [6.45, 7) is 0. The van der Waals surface area contributed by atoms with Crippen molar-refractivity contribution in [1.82, 2.24) is 5.32 Å². The topological polar surface area (TPSA) is 119 Å². The quantitative estimate of drug-likeness (QED) is 0.503. The van der Waals surface area contributed by atoms with E-state index in [1.807, 2.05) is 0 Å². The van der Waals surface area contributed by atoms with Gasteiger partial charge in [0.1, 0.15) is 0 Å². The fourth-order valence-corrected chi connectivity index (χ4v) is 5.22. The van der Waals surface area contributed by atoms with E-state index in [1.54, 1.807) is 18.2 Å². The standard InChI is InChI=1S/C25H23Cl2NO7/c26-17-7-3-1-5-15(17)24(32)34-20(22(29)28-19-12-13-9-10-14(19)11-13)21(23(30)31)35-25(33)16-6-2-4-8-18(16)27/h1-8,13-14,19-21H,9-12H2,(H,28,29)(H,30,31)/t13-,14-,19+,20-,21-/m0/s1. The minimum Gasteiger partial charge on any atom is -0.478 e. The van der Waals surface area contributed by atoms with Crippen LogP contribution < -0.4 is 5.32 Å². The number of rotatable bonds is 8. The van der Waals surface area contributed by atoms with Gasteiger partial charge in [-0.05, 0) is 55.4 Å². The summed E-state index contributed by atoms with van der Waals surface area (Å²) in [7, 11) is 0. The number of hydrogen-bond donors (Lipinski definition) is 2. The molecule has 0 saturated heterocycles. The van der Waals surface area contributed by atoms with Gasteiger partial charge in [0.25, 0.3) is 5.91 Å². The molecule has 2 aromatic carbocycles. The Kier molecular flexibility index (Phi) is 7.62. The first-order valence-corrected chi connectivity index (χ1v) is 11.9. The molecule has 35 heavy (non-hydrogen) atoms. The van der Waals surface area contributed by atoms with E-state index < -0.39 is 36.0 Å². The predicted molar refractivity (Wildman–Crippen MR) is 126 cm³/mol. The number of ether oxygens (including phenoxy) is 2. The van der Waals surface area contributed by atoms with E-state index in [0.29, 0.717) is 5.92 Å². The summed E-state index contributed by atoms with van der Waals surface area (Å²) < 4.78 is 10.5. The summed E-state index contributed by atoms with van der Waals surface area (Å²) in [5, 5.41) is 12.8. The van der Waals surface area contributed by atoms with Crippen molar-refractivity contribution >= 4 is 47.0 Å². The minimum absolute atomic E-state index is 0.0395. The third-order valence-electron chi connectivity index (χ3n) is 6.50. The molecule has 0 aromatic heterocycles. The van der Waals surface area contributed by atoms with E-state index in [9.17, 15) is 24.3 Å². The molecule has 2 bridgehead atoms. The zero-order valence-corrected chi connectivity index (χ0v) is 20.0. The maximum Gasteiger partial charge on any atom is 0.349 e. The van der Waals surface area contributed by atoms with Gasteiger partial charge in [-0.3, -0.25) is 4.79 Å². The highest BCUT2D eigenvalue weighted by Crippen LogP contribution is 2.44. The summed E-state index contributed by atoms with van der Waals surface area (Å²) in [6.07, 6.45) is -0.276. The number of carboxylic acid groups (broad SMARTS) is 1. The van der Waals surface area contributed by atoms with Crippen molar-refractivity contribution in [1.29, 1.82) is 0 Å². The zero-order chi connectivity index (χ0) is 25.1. The Morgan fingerprint density at radius 2 is 1.37 bits per heavy atom. The molecule has 0 heterocycles. The Balaban J connectivity index is 1.59. The number of benzene rings is 2. The van der Waals surface area contributed by atoms with Crippen molar-refractivity contribution in [3.8, 4) is 0 Å². The number of aliphatic carboxylic acids is 1. The Bertz CT molecular complexity index is 1150. The van der Waals surface area contributed by atoms with Crippen LogP contribution in [0.15, 0.2) is 48.5 Å². The van der Waals surface area contributed by atoms with E-state index >= 15 is 0 Å². The number of hydrogen-bond acceptors (Lipinski definition) is 6. The van der Waals surface area contributed by atoms with Gasteiger partial charge in [-0.25, -0.2) is 14.4 Å². The number of esters is 2. The predicted octanol–water partition coefficient (Wildman–Crippen LogP) is 4.13. The molecule has 2 N–H and O–H groups in total. The summed E-state index contributed by atoms with van der Waals surface area (Å²) in [4.78, 5) is 50.9. The normalized spacial score (nSPS) is 22.2. The van der Waals surface area contributed by atoms with Crippen molar-refractivity contribution in [2.75, 3.05) is 0 Å². The SMILES string of the molecule is O=C(O[C@H](C(=O)O)[C@H](OC(=O)c1ccccc1Cl)C(=O)N[C@@H]1C[C@H]2CC[C@H]1C2)c1ccccc1Cl. The van der Waals surface area contributed by atoms with Crippen LogP contribution >= 0.6 is 23.2 Å². The van der Waals surface area contributed by atoms with Crippen molar-refractivity contribution in [2.45, 2.75) is 43.9 Å². The average molecular weight is 520 g/mol. The van der Waals surface area contributed by atoms with Crippen LogP contribution in [0.1, 0.15) is 46.4 Å². The molecule has 2 aromatic rings. The Hall–Kier alpha value is -3.10. The van der Waals surface area contributed by atoms with Crippen LogP contribution in [0.4, 0.5) is 0 Å². The molecule has 4 rings (SSSR count). The first-order chi connectivity index (χ1) is 16.7. The highest BCUT2D eigenvalue weighted by atomic mass is 35.5. The van der Waals surface area contributed by atoms with Crippen LogP contribution in [0, 0.1) is 11.8 Å². The Labute approximate surface area is 211 Å². The van der Waals surface area contributed by atoms with Gasteiger partial charge in [0.15, 0.2) is 0 Å². The van der Waals surface area contributed by atoms with Crippen LogP contribution in [0.3, 0.4) is 0 Å². The van der Waals surface area contributed by atoms with Gasteiger partial charge in [0.05, 0.1) is 21.2 Å². The number of nitrogens with one attached hydrogen (secondary N) is 1. The van der Waals surface area contributed by atoms with Gasteiger partial charge >= 0.3 is 17.9 Å². The molecule has 0 aliphatic heterocycles. The highest BCUT2D eigenvalue weighted by molar-refractivity contribution is 6.34. The molecule has 1 amide bonds. The first kappa shape index (κ1) is 25.0. The monoisotopic (exact) mass is 519 g/mol. The number of carbonyl (C=O) groups excluding carboxylic acids is 3. The molecule has 0 radical (unpaired) electrons. The Morgan fingerprint density at radius 1 is 0.829 bits per heavy atom. The van der Waals surface area contributed by atoms with Gasteiger partial charge in [0.2, 0.25) is 12.2 Å². The molecule has 2 aliphatic carbocycles. The number of carbonyl (C=O) groups is 4. The molecular weight excluding hydrogens is 497 g/mol. The first-order valence-electron chi connectivity index (χ1n) is 11.2. The average Bonchev–Trinajstić information content (AvgIpc) is 3.44. The zero-order valence-electron chi connectivity index (χ0n) is 18.5. The van der Waals surface area contributed by atoms with Crippen LogP contribution in [0.2, 0.25) is 10.0 Å². The molecule has 2 aliphatic rings. The van der Waals surface area contributed by atoms with Gasteiger partial charge < -0.3 is 19.9 Å². The summed E-state index contributed by atoms with van der Waals surface area (Å²) >= 11 is 12.1. The third kappa shape index (κ3) is 5.60. The van der Waals surface area contributed by atoms with Crippen LogP contribution in [-0.2, 0) is 19.1 Å². The molecule has 2 saturated carbocycles. The van der Waals surface area contributed by atoms with Gasteiger partial charge in [-0.2, -0.15) is 0 Å². The lowest BCUT2D eigenvalue weighted by molar-refractivity contribution is -0.159. The summed E-state index contributed by atoms with van der Waals surface area (Å²) in [5.74, 6) is -3.84. The molecule has 8 nitrogen and oxygen atoms in total. The second kappa shape index (κ2) is 10.7. The largest absolute Gasteiger partial charge is 0.478 e. The Morgan fingerprint density at radius 3 is 1.83 bits per heavy atom. The lowest BCUT2D eigenvalue weighted by Crippen LogP contribution is -2.53. The van der Waals surface area contributed by atoms with Crippen molar-refractivity contribution in [3.05, 3.63) is 69.7 Å². The maximum atomic E-state index is 13.3. The summed E-state index contributed by atoms with van der Waals surface area (Å²) in [5.41, 5.74) is -0.154. The molecule has 10 heteroatoms. The molecule has 5 atom stereocenters. The highest BCUT2D eigenvalue weighted by Gasteiger charge is 2.45. The molecule has 184 valence electrons. The van der Waals surface area contributed by atoms with Gasteiger partial charge in [-0.15, -0.1) is 0 Å². The number of fused-ring (bicyclic) bond motifs is 2.